The Balaban J connectivity index is 1.89. The third-order valence-corrected chi connectivity index (χ3v) is 5.12. The van der Waals surface area contributed by atoms with Crippen molar-refractivity contribution in [2.75, 3.05) is 6.54 Å². The zero-order valence-electron chi connectivity index (χ0n) is 10.2. The van der Waals surface area contributed by atoms with Gasteiger partial charge in [0.15, 0.2) is 0 Å². The lowest BCUT2D eigenvalue weighted by Crippen LogP contribution is -2.12. The van der Waals surface area contributed by atoms with Crippen LogP contribution in [0.25, 0.3) is 10.6 Å². The first kappa shape index (κ1) is 12.3. The topological polar surface area (TPSA) is 24.9 Å². The number of nitrogens with one attached hydrogen (secondary N) is 1. The fourth-order valence-corrected chi connectivity index (χ4v) is 3.49. The summed E-state index contributed by atoms with van der Waals surface area (Å²) in [5.41, 5.74) is 3.65. The van der Waals surface area contributed by atoms with Crippen LogP contribution in [0.3, 0.4) is 0 Å². The first-order chi connectivity index (χ1) is 8.74. The van der Waals surface area contributed by atoms with Crippen LogP contribution in [-0.4, -0.2) is 11.5 Å². The molecule has 1 unspecified atom stereocenters. The minimum atomic E-state index is 0.462. The summed E-state index contributed by atoms with van der Waals surface area (Å²) in [4.78, 5) is 4.77. The van der Waals surface area contributed by atoms with E-state index in [-0.39, 0.29) is 0 Å². The fraction of sp³-hybridized carbons (Fsp3) is 0.357. The maximum Gasteiger partial charge on any atom is 0.123 e. The third-order valence-electron chi connectivity index (χ3n) is 3.36. The van der Waals surface area contributed by atoms with Crippen LogP contribution in [0.2, 0.25) is 0 Å². The molecular weight excluding hydrogens is 308 g/mol. The lowest BCUT2D eigenvalue weighted by atomic mass is 10.1. The number of hydrogen-bond acceptors (Lipinski definition) is 3. The molecule has 1 N–H and O–H groups in total. The van der Waals surface area contributed by atoms with E-state index in [1.165, 1.54) is 29.7 Å². The maximum atomic E-state index is 4.77. The molecule has 1 aromatic heterocycles. The van der Waals surface area contributed by atoms with Gasteiger partial charge in [-0.15, -0.1) is 11.3 Å². The number of benzene rings is 1. The monoisotopic (exact) mass is 322 g/mol. The number of rotatable bonds is 2. The van der Waals surface area contributed by atoms with Gasteiger partial charge in [0.25, 0.3) is 0 Å². The molecule has 2 nitrogen and oxygen atoms in total. The van der Waals surface area contributed by atoms with E-state index < -0.39 is 0 Å². The molecule has 1 aromatic carbocycles. The van der Waals surface area contributed by atoms with Gasteiger partial charge in [0, 0.05) is 15.4 Å². The highest BCUT2D eigenvalue weighted by atomic mass is 79.9. The Kier molecular flexibility index (Phi) is 3.50. The molecule has 0 saturated carbocycles. The average molecular weight is 323 g/mol. The first-order valence-corrected chi connectivity index (χ1v) is 7.86. The van der Waals surface area contributed by atoms with Crippen LogP contribution in [0.1, 0.15) is 30.1 Å². The summed E-state index contributed by atoms with van der Waals surface area (Å²) in [5, 5.41) is 6.79. The predicted octanol–water partition coefficient (Wildman–Crippen LogP) is 4.31. The Labute approximate surface area is 120 Å². The summed E-state index contributed by atoms with van der Waals surface area (Å²) < 4.78 is 1.15. The van der Waals surface area contributed by atoms with Gasteiger partial charge in [-0.1, -0.05) is 28.1 Å². The standard InChI is InChI=1S/C14H15BrN2S/c1-9-4-5-10(7-11(9)15)14-17-13(8-18-14)12-3-2-6-16-12/h4-5,7-8,12,16H,2-3,6H2,1H3. The molecule has 0 aliphatic carbocycles. The zero-order valence-corrected chi connectivity index (χ0v) is 12.6. The van der Waals surface area contributed by atoms with Crippen molar-refractivity contribution in [3.63, 3.8) is 0 Å². The van der Waals surface area contributed by atoms with Gasteiger partial charge in [-0.05, 0) is 37.9 Å². The summed E-state index contributed by atoms with van der Waals surface area (Å²) in [6.45, 7) is 3.22. The molecule has 1 aliphatic rings. The molecule has 94 valence electrons. The van der Waals surface area contributed by atoms with Crippen molar-refractivity contribution in [2.45, 2.75) is 25.8 Å². The van der Waals surface area contributed by atoms with Crippen LogP contribution < -0.4 is 5.32 Å². The van der Waals surface area contributed by atoms with Gasteiger partial charge < -0.3 is 5.32 Å². The van der Waals surface area contributed by atoms with E-state index in [0.29, 0.717) is 6.04 Å². The Bertz CT molecular complexity index is 559. The summed E-state index contributed by atoms with van der Waals surface area (Å²) in [6.07, 6.45) is 2.47. The van der Waals surface area contributed by atoms with E-state index in [2.05, 4.69) is 51.7 Å². The summed E-state index contributed by atoms with van der Waals surface area (Å²) in [6, 6.07) is 6.89. The molecule has 3 rings (SSSR count). The first-order valence-electron chi connectivity index (χ1n) is 6.19. The van der Waals surface area contributed by atoms with Crippen molar-refractivity contribution in [1.82, 2.24) is 10.3 Å². The number of aromatic nitrogens is 1. The van der Waals surface area contributed by atoms with Crippen molar-refractivity contribution in [1.29, 1.82) is 0 Å². The molecule has 1 atom stereocenters. The molecule has 0 bridgehead atoms. The van der Waals surface area contributed by atoms with E-state index >= 15 is 0 Å². The van der Waals surface area contributed by atoms with Gasteiger partial charge in [0.2, 0.25) is 0 Å². The minimum absolute atomic E-state index is 0.462. The third kappa shape index (κ3) is 2.37. The van der Waals surface area contributed by atoms with Gasteiger partial charge >= 0.3 is 0 Å². The van der Waals surface area contributed by atoms with Crippen LogP contribution >= 0.6 is 27.3 Å². The lowest BCUT2D eigenvalue weighted by Gasteiger charge is -2.05. The SMILES string of the molecule is Cc1ccc(-c2nc(C3CCCN3)cs2)cc1Br. The number of halogens is 1. The molecule has 1 aliphatic heterocycles. The van der Waals surface area contributed by atoms with Gasteiger partial charge in [-0.3, -0.25) is 0 Å². The van der Waals surface area contributed by atoms with E-state index in [4.69, 9.17) is 4.98 Å². The normalized spacial score (nSPS) is 19.3. The lowest BCUT2D eigenvalue weighted by molar-refractivity contribution is 0.632. The van der Waals surface area contributed by atoms with Gasteiger partial charge in [0.05, 0.1) is 11.7 Å². The quantitative estimate of drug-likeness (QED) is 0.891. The second-order valence-electron chi connectivity index (χ2n) is 4.69. The smallest absolute Gasteiger partial charge is 0.123 e. The van der Waals surface area contributed by atoms with Crippen molar-refractivity contribution >= 4 is 27.3 Å². The highest BCUT2D eigenvalue weighted by Crippen LogP contribution is 2.31. The molecule has 18 heavy (non-hydrogen) atoms. The average Bonchev–Trinajstić information content (AvgIpc) is 3.01. The zero-order chi connectivity index (χ0) is 12.5. The summed E-state index contributed by atoms with van der Waals surface area (Å²) in [7, 11) is 0. The van der Waals surface area contributed by atoms with E-state index in [1.807, 2.05) is 0 Å². The van der Waals surface area contributed by atoms with Crippen LogP contribution in [-0.2, 0) is 0 Å². The Morgan fingerprint density at radius 2 is 2.33 bits per heavy atom. The number of aryl methyl sites for hydroxylation is 1. The Hall–Kier alpha value is -0.710. The fourth-order valence-electron chi connectivity index (χ4n) is 2.24. The maximum absolute atomic E-state index is 4.77. The van der Waals surface area contributed by atoms with Crippen molar-refractivity contribution in [3.8, 4) is 10.6 Å². The van der Waals surface area contributed by atoms with Crippen LogP contribution in [0.4, 0.5) is 0 Å². The number of hydrogen-bond donors (Lipinski definition) is 1. The minimum Gasteiger partial charge on any atom is -0.309 e. The Morgan fingerprint density at radius 3 is 3.06 bits per heavy atom. The molecule has 2 heterocycles. The molecule has 0 amide bonds. The molecule has 0 radical (unpaired) electrons. The van der Waals surface area contributed by atoms with Crippen LogP contribution in [0.5, 0.6) is 0 Å². The summed E-state index contributed by atoms with van der Waals surface area (Å²) in [5.74, 6) is 0. The molecule has 2 aromatic rings. The van der Waals surface area contributed by atoms with Crippen LogP contribution in [0.15, 0.2) is 28.1 Å². The molecule has 0 spiro atoms. The van der Waals surface area contributed by atoms with Gasteiger partial charge in [0.1, 0.15) is 5.01 Å². The van der Waals surface area contributed by atoms with Crippen molar-refractivity contribution < 1.29 is 0 Å². The molecule has 4 heteroatoms. The van der Waals surface area contributed by atoms with Gasteiger partial charge in [-0.25, -0.2) is 4.98 Å². The predicted molar refractivity (Wildman–Crippen MR) is 80.0 cm³/mol. The Morgan fingerprint density at radius 1 is 1.44 bits per heavy atom. The number of thiazole rings is 1. The highest BCUT2D eigenvalue weighted by molar-refractivity contribution is 9.10. The van der Waals surface area contributed by atoms with E-state index in [1.54, 1.807) is 11.3 Å². The van der Waals surface area contributed by atoms with E-state index in [0.717, 1.165) is 16.0 Å². The van der Waals surface area contributed by atoms with Crippen molar-refractivity contribution in [3.05, 3.63) is 39.3 Å². The molecule has 1 fully saturated rings. The van der Waals surface area contributed by atoms with Gasteiger partial charge in [-0.2, -0.15) is 0 Å². The van der Waals surface area contributed by atoms with Crippen LogP contribution in [0, 0.1) is 6.92 Å². The highest BCUT2D eigenvalue weighted by Gasteiger charge is 2.19. The second-order valence-corrected chi connectivity index (χ2v) is 6.40. The number of nitrogens with zero attached hydrogens (tertiary/aromatic N) is 1. The van der Waals surface area contributed by atoms with Crippen molar-refractivity contribution in [2.24, 2.45) is 0 Å². The molecule has 1 saturated heterocycles. The van der Waals surface area contributed by atoms with E-state index in [9.17, 15) is 0 Å². The molecular formula is C14H15BrN2S. The second kappa shape index (κ2) is 5.11. The summed E-state index contributed by atoms with van der Waals surface area (Å²) >= 11 is 5.31. The largest absolute Gasteiger partial charge is 0.309 e.